The smallest absolute Gasteiger partial charge is 0.274 e. The third kappa shape index (κ3) is 3.55. The third-order valence-corrected chi connectivity index (χ3v) is 6.36. The molecule has 0 aromatic carbocycles. The second-order valence-electron chi connectivity index (χ2n) is 8.84. The van der Waals surface area contributed by atoms with Crippen molar-refractivity contribution in [1.29, 1.82) is 0 Å². The van der Waals surface area contributed by atoms with Crippen molar-refractivity contribution < 1.29 is 4.79 Å². The molecule has 5 nitrogen and oxygen atoms in total. The van der Waals surface area contributed by atoms with Crippen molar-refractivity contribution in [3.63, 3.8) is 0 Å². The maximum absolute atomic E-state index is 13.1. The van der Waals surface area contributed by atoms with Gasteiger partial charge in [-0.3, -0.25) is 9.48 Å². The van der Waals surface area contributed by atoms with Crippen LogP contribution >= 0.6 is 0 Å². The fraction of sp³-hybridized carbons (Fsp3) is 0.810. The number of piperidine rings is 1. The maximum Gasteiger partial charge on any atom is 0.274 e. The number of carbonyl (C=O) groups is 1. The highest BCUT2D eigenvalue weighted by atomic mass is 16.2. The molecular formula is C21H34N4O. The molecule has 1 aliphatic carbocycles. The average molecular weight is 359 g/mol. The Hall–Kier alpha value is -1.36. The summed E-state index contributed by atoms with van der Waals surface area (Å²) in [5, 5.41) is 4.86. The Morgan fingerprint density at radius 2 is 1.77 bits per heavy atom. The molecule has 3 aliphatic rings. The minimum absolute atomic E-state index is 0.181. The molecule has 0 bridgehead atoms. The normalized spacial score (nSPS) is 24.3. The number of carbonyl (C=O) groups excluding carboxylic acids is 1. The lowest BCUT2D eigenvalue weighted by Gasteiger charge is -2.37. The van der Waals surface area contributed by atoms with Gasteiger partial charge in [0.1, 0.15) is 0 Å². The SMILES string of the molecule is CC(C)Cn1nc(C(=O)N2CCCC2)c2c1CC[C@H](N1CCCCC1)C2. The van der Waals surface area contributed by atoms with E-state index in [9.17, 15) is 4.79 Å². The third-order valence-electron chi connectivity index (χ3n) is 6.36. The van der Waals surface area contributed by atoms with Gasteiger partial charge in [-0.1, -0.05) is 20.3 Å². The number of aromatic nitrogens is 2. The predicted octanol–water partition coefficient (Wildman–Crippen LogP) is 3.12. The lowest BCUT2D eigenvalue weighted by molar-refractivity contribution is 0.0783. The van der Waals surface area contributed by atoms with E-state index in [1.165, 1.54) is 50.0 Å². The van der Waals surface area contributed by atoms with E-state index in [1.54, 1.807) is 0 Å². The van der Waals surface area contributed by atoms with Crippen LogP contribution in [0.5, 0.6) is 0 Å². The first-order valence-electron chi connectivity index (χ1n) is 10.8. The Kier molecular flexibility index (Phi) is 5.35. The minimum atomic E-state index is 0.181. The van der Waals surface area contributed by atoms with Gasteiger partial charge in [0.05, 0.1) is 0 Å². The summed E-state index contributed by atoms with van der Waals surface area (Å²) in [4.78, 5) is 17.8. The molecule has 1 aromatic rings. The molecule has 1 amide bonds. The molecule has 26 heavy (non-hydrogen) atoms. The number of amides is 1. The molecule has 5 heteroatoms. The van der Waals surface area contributed by atoms with Crippen molar-refractivity contribution in [2.45, 2.75) is 77.8 Å². The van der Waals surface area contributed by atoms with Crippen molar-refractivity contribution in [3.8, 4) is 0 Å². The zero-order valence-corrected chi connectivity index (χ0v) is 16.5. The summed E-state index contributed by atoms with van der Waals surface area (Å²) in [6, 6.07) is 0.602. The van der Waals surface area contributed by atoms with Crippen molar-refractivity contribution in [2.75, 3.05) is 26.2 Å². The lowest BCUT2D eigenvalue weighted by Crippen LogP contribution is -2.42. The second kappa shape index (κ2) is 7.71. The lowest BCUT2D eigenvalue weighted by atomic mass is 9.89. The van der Waals surface area contributed by atoms with Gasteiger partial charge in [-0.25, -0.2) is 0 Å². The summed E-state index contributed by atoms with van der Waals surface area (Å²) in [5.74, 6) is 0.731. The summed E-state index contributed by atoms with van der Waals surface area (Å²) in [7, 11) is 0. The van der Waals surface area contributed by atoms with E-state index in [2.05, 4.69) is 23.4 Å². The summed E-state index contributed by atoms with van der Waals surface area (Å²) in [6.45, 7) is 9.65. The molecule has 2 aliphatic heterocycles. The number of hydrogen-bond acceptors (Lipinski definition) is 3. The first kappa shape index (κ1) is 18.0. The number of likely N-dealkylation sites (tertiary alicyclic amines) is 2. The maximum atomic E-state index is 13.1. The van der Waals surface area contributed by atoms with Gasteiger partial charge in [-0.15, -0.1) is 0 Å². The molecule has 3 heterocycles. The van der Waals surface area contributed by atoms with Gasteiger partial charge in [0.25, 0.3) is 5.91 Å². The van der Waals surface area contributed by atoms with Crippen LogP contribution in [0.15, 0.2) is 0 Å². The van der Waals surface area contributed by atoms with E-state index in [0.29, 0.717) is 12.0 Å². The molecule has 0 saturated carbocycles. The molecule has 0 N–H and O–H groups in total. The average Bonchev–Trinajstić information content (AvgIpc) is 3.30. The highest BCUT2D eigenvalue weighted by Gasteiger charge is 2.34. The highest BCUT2D eigenvalue weighted by molar-refractivity contribution is 5.94. The van der Waals surface area contributed by atoms with E-state index in [1.807, 2.05) is 4.90 Å². The van der Waals surface area contributed by atoms with Gasteiger partial charge in [-0.2, -0.15) is 5.10 Å². The minimum Gasteiger partial charge on any atom is -0.337 e. The quantitative estimate of drug-likeness (QED) is 0.830. The Morgan fingerprint density at radius 3 is 2.46 bits per heavy atom. The number of fused-ring (bicyclic) bond motifs is 1. The Labute approximate surface area is 157 Å². The van der Waals surface area contributed by atoms with Crippen LogP contribution in [0.4, 0.5) is 0 Å². The van der Waals surface area contributed by atoms with Crippen LogP contribution in [0.3, 0.4) is 0 Å². The molecule has 0 radical (unpaired) electrons. The van der Waals surface area contributed by atoms with Crippen LogP contribution in [0, 0.1) is 5.92 Å². The molecule has 1 aromatic heterocycles. The van der Waals surface area contributed by atoms with Gasteiger partial charge in [0, 0.05) is 36.9 Å². The predicted molar refractivity (Wildman–Crippen MR) is 103 cm³/mol. The topological polar surface area (TPSA) is 41.4 Å². The fourth-order valence-corrected chi connectivity index (χ4v) is 5.00. The zero-order valence-electron chi connectivity index (χ0n) is 16.5. The summed E-state index contributed by atoms with van der Waals surface area (Å²) in [5.41, 5.74) is 3.38. The van der Waals surface area contributed by atoms with E-state index >= 15 is 0 Å². The molecule has 0 spiro atoms. The van der Waals surface area contributed by atoms with Crippen LogP contribution in [0.25, 0.3) is 0 Å². The monoisotopic (exact) mass is 358 g/mol. The zero-order chi connectivity index (χ0) is 18.1. The molecule has 2 saturated heterocycles. The molecule has 144 valence electrons. The summed E-state index contributed by atoms with van der Waals surface area (Å²) < 4.78 is 2.16. The van der Waals surface area contributed by atoms with Crippen molar-refractivity contribution >= 4 is 5.91 Å². The number of rotatable bonds is 4. The number of hydrogen-bond donors (Lipinski definition) is 0. The highest BCUT2D eigenvalue weighted by Crippen LogP contribution is 2.30. The van der Waals surface area contributed by atoms with Crippen LogP contribution in [-0.2, 0) is 19.4 Å². The van der Waals surface area contributed by atoms with Crippen LogP contribution in [0.2, 0.25) is 0 Å². The molecule has 2 fully saturated rings. The Balaban J connectivity index is 1.61. The van der Waals surface area contributed by atoms with E-state index < -0.39 is 0 Å². The van der Waals surface area contributed by atoms with Crippen molar-refractivity contribution in [2.24, 2.45) is 5.92 Å². The number of nitrogens with zero attached hydrogens (tertiary/aromatic N) is 4. The summed E-state index contributed by atoms with van der Waals surface area (Å²) in [6.07, 6.45) is 9.61. The molecular weight excluding hydrogens is 324 g/mol. The van der Waals surface area contributed by atoms with E-state index in [-0.39, 0.29) is 5.91 Å². The van der Waals surface area contributed by atoms with Gasteiger partial charge < -0.3 is 9.80 Å². The Morgan fingerprint density at radius 1 is 1.08 bits per heavy atom. The first-order valence-corrected chi connectivity index (χ1v) is 10.8. The van der Waals surface area contributed by atoms with Gasteiger partial charge >= 0.3 is 0 Å². The van der Waals surface area contributed by atoms with Crippen LogP contribution in [0.1, 0.15) is 74.1 Å². The van der Waals surface area contributed by atoms with Gasteiger partial charge in [-0.05, 0) is 64.0 Å². The molecule has 0 unspecified atom stereocenters. The summed E-state index contributed by atoms with van der Waals surface area (Å²) >= 11 is 0. The fourth-order valence-electron chi connectivity index (χ4n) is 5.00. The van der Waals surface area contributed by atoms with E-state index in [4.69, 9.17) is 5.10 Å². The van der Waals surface area contributed by atoms with Crippen LogP contribution in [-0.4, -0.2) is 57.7 Å². The standard InChI is InChI=1S/C21H34N4O/c1-16(2)15-25-19-9-8-17(23-10-4-3-5-11-23)14-18(19)20(22-25)21(26)24-12-6-7-13-24/h16-17H,3-15H2,1-2H3/t17-/m0/s1. The Bertz CT molecular complexity index is 639. The largest absolute Gasteiger partial charge is 0.337 e. The van der Waals surface area contributed by atoms with Gasteiger partial charge in [0.15, 0.2) is 5.69 Å². The van der Waals surface area contributed by atoms with Crippen LogP contribution < -0.4 is 0 Å². The molecule has 1 atom stereocenters. The second-order valence-corrected chi connectivity index (χ2v) is 8.84. The van der Waals surface area contributed by atoms with Crippen molar-refractivity contribution in [3.05, 3.63) is 17.0 Å². The van der Waals surface area contributed by atoms with Gasteiger partial charge in [0.2, 0.25) is 0 Å². The van der Waals surface area contributed by atoms with Crippen molar-refractivity contribution in [1.82, 2.24) is 19.6 Å². The van der Waals surface area contributed by atoms with E-state index in [0.717, 1.165) is 51.0 Å². The molecule has 4 rings (SSSR count). The first-order chi connectivity index (χ1) is 12.6.